The average molecular weight is 340 g/mol. The van der Waals surface area contributed by atoms with Crippen molar-refractivity contribution < 1.29 is 19.4 Å². The van der Waals surface area contributed by atoms with Crippen molar-refractivity contribution in [2.24, 2.45) is 11.3 Å². The predicted octanol–water partition coefficient (Wildman–Crippen LogP) is 2.25. The van der Waals surface area contributed by atoms with Gasteiger partial charge in [-0.2, -0.15) is 0 Å². The van der Waals surface area contributed by atoms with E-state index in [1.807, 2.05) is 25.7 Å². The second-order valence-electron chi connectivity index (χ2n) is 8.88. The molecule has 2 aliphatic rings. The third kappa shape index (κ3) is 4.02. The first-order valence-electron chi connectivity index (χ1n) is 8.89. The molecule has 0 aromatic carbocycles. The van der Waals surface area contributed by atoms with E-state index >= 15 is 0 Å². The Morgan fingerprint density at radius 3 is 2.17 bits per heavy atom. The van der Waals surface area contributed by atoms with E-state index in [0.29, 0.717) is 25.6 Å². The first kappa shape index (κ1) is 19.0. The van der Waals surface area contributed by atoms with E-state index in [2.05, 4.69) is 13.8 Å². The third-order valence-electron chi connectivity index (χ3n) is 5.00. The molecule has 6 nitrogen and oxygen atoms in total. The number of amides is 2. The number of hydrogen-bond acceptors (Lipinski definition) is 4. The molecule has 2 amide bonds. The number of piperidine rings is 1. The highest BCUT2D eigenvalue weighted by molar-refractivity contribution is 5.80. The van der Waals surface area contributed by atoms with Gasteiger partial charge in [-0.25, -0.2) is 4.79 Å². The topological polar surface area (TPSA) is 70.1 Å². The standard InChI is InChI=1S/C18H32N2O4/c1-12(21)15(22)19-9-7-13(8-10-19)14-18(5,6)11-20(14)16(23)24-17(2,3)4/h12-14,21H,7-11H2,1-6H3/t12-,14-/m0/s1. The second kappa shape index (κ2) is 6.54. The predicted molar refractivity (Wildman–Crippen MR) is 91.5 cm³/mol. The minimum atomic E-state index is -0.944. The summed E-state index contributed by atoms with van der Waals surface area (Å²) in [4.78, 5) is 27.9. The molecule has 2 saturated heterocycles. The van der Waals surface area contributed by atoms with Crippen molar-refractivity contribution in [3.05, 3.63) is 0 Å². The molecule has 0 aliphatic carbocycles. The lowest BCUT2D eigenvalue weighted by atomic mass is 9.67. The molecule has 0 aromatic rings. The summed E-state index contributed by atoms with van der Waals surface area (Å²) in [5.74, 6) is 0.157. The summed E-state index contributed by atoms with van der Waals surface area (Å²) in [5, 5.41) is 9.45. The Morgan fingerprint density at radius 1 is 1.21 bits per heavy atom. The highest BCUT2D eigenvalue weighted by Crippen LogP contribution is 2.45. The van der Waals surface area contributed by atoms with Crippen LogP contribution in [-0.4, -0.2) is 64.3 Å². The van der Waals surface area contributed by atoms with Gasteiger partial charge in [-0.15, -0.1) is 0 Å². The van der Waals surface area contributed by atoms with E-state index in [0.717, 1.165) is 12.8 Å². The van der Waals surface area contributed by atoms with Crippen LogP contribution in [0.4, 0.5) is 4.79 Å². The molecule has 138 valence electrons. The minimum Gasteiger partial charge on any atom is -0.444 e. The number of ether oxygens (including phenoxy) is 1. The molecule has 0 saturated carbocycles. The molecular formula is C18H32N2O4. The lowest BCUT2D eigenvalue weighted by Gasteiger charge is -2.58. The normalized spacial score (nSPS) is 25.9. The number of likely N-dealkylation sites (tertiary alicyclic amines) is 2. The van der Waals surface area contributed by atoms with Gasteiger partial charge < -0.3 is 19.6 Å². The Labute approximate surface area is 145 Å². The number of carbonyl (C=O) groups excluding carboxylic acids is 2. The molecule has 0 spiro atoms. The van der Waals surface area contributed by atoms with E-state index < -0.39 is 11.7 Å². The zero-order chi connectivity index (χ0) is 18.3. The number of hydrogen-bond donors (Lipinski definition) is 1. The van der Waals surface area contributed by atoms with Crippen LogP contribution in [0.3, 0.4) is 0 Å². The molecule has 2 heterocycles. The first-order valence-corrected chi connectivity index (χ1v) is 8.89. The van der Waals surface area contributed by atoms with Crippen LogP contribution in [0.25, 0.3) is 0 Å². The Kier molecular flexibility index (Phi) is 5.19. The maximum absolute atomic E-state index is 12.4. The van der Waals surface area contributed by atoms with Crippen LogP contribution in [0.5, 0.6) is 0 Å². The van der Waals surface area contributed by atoms with Gasteiger partial charge in [-0.3, -0.25) is 4.79 Å². The first-order chi connectivity index (χ1) is 10.9. The SMILES string of the molecule is C[C@H](O)C(=O)N1CCC([C@@H]2N(C(=O)OC(C)(C)C)CC2(C)C)CC1. The van der Waals surface area contributed by atoms with Crippen LogP contribution in [0.1, 0.15) is 54.4 Å². The lowest BCUT2D eigenvalue weighted by Crippen LogP contribution is -2.68. The second-order valence-corrected chi connectivity index (χ2v) is 8.88. The summed E-state index contributed by atoms with van der Waals surface area (Å²) >= 11 is 0. The van der Waals surface area contributed by atoms with Crippen LogP contribution in [-0.2, 0) is 9.53 Å². The Balaban J connectivity index is 1.99. The van der Waals surface area contributed by atoms with Crippen LogP contribution >= 0.6 is 0 Å². The molecule has 0 unspecified atom stereocenters. The largest absolute Gasteiger partial charge is 0.444 e. The van der Waals surface area contributed by atoms with Crippen LogP contribution in [0, 0.1) is 11.3 Å². The summed E-state index contributed by atoms with van der Waals surface area (Å²) in [5.41, 5.74) is -0.424. The molecule has 6 heteroatoms. The van der Waals surface area contributed by atoms with Crippen molar-refractivity contribution in [3.8, 4) is 0 Å². The Bertz CT molecular complexity index is 488. The number of aliphatic hydroxyl groups is 1. The van der Waals surface area contributed by atoms with Gasteiger partial charge in [0.15, 0.2) is 0 Å². The lowest BCUT2D eigenvalue weighted by molar-refractivity contribution is -0.143. The molecule has 2 rings (SSSR count). The highest BCUT2D eigenvalue weighted by atomic mass is 16.6. The minimum absolute atomic E-state index is 0.0675. The van der Waals surface area contributed by atoms with E-state index in [4.69, 9.17) is 4.74 Å². The quantitative estimate of drug-likeness (QED) is 0.837. The average Bonchev–Trinajstić information content (AvgIpc) is 2.43. The summed E-state index contributed by atoms with van der Waals surface area (Å²) in [6.07, 6.45) is 0.520. The van der Waals surface area contributed by atoms with Crippen molar-refractivity contribution in [3.63, 3.8) is 0 Å². The molecule has 2 aliphatic heterocycles. The van der Waals surface area contributed by atoms with Gasteiger partial charge in [0.1, 0.15) is 11.7 Å². The maximum Gasteiger partial charge on any atom is 0.410 e. The number of aliphatic hydroxyl groups excluding tert-OH is 1. The van der Waals surface area contributed by atoms with Crippen LogP contribution < -0.4 is 0 Å². The van der Waals surface area contributed by atoms with Gasteiger partial charge in [0.05, 0.1) is 0 Å². The molecular weight excluding hydrogens is 308 g/mol. The number of carbonyl (C=O) groups is 2. The molecule has 0 aromatic heterocycles. The van der Waals surface area contributed by atoms with Crippen molar-refractivity contribution in [2.75, 3.05) is 19.6 Å². The molecule has 24 heavy (non-hydrogen) atoms. The number of nitrogens with zero attached hydrogens (tertiary/aromatic N) is 2. The summed E-state index contributed by atoms with van der Waals surface area (Å²) in [6.45, 7) is 13.5. The molecule has 2 atom stereocenters. The van der Waals surface area contributed by atoms with Gasteiger partial charge >= 0.3 is 6.09 Å². The van der Waals surface area contributed by atoms with Crippen molar-refractivity contribution in [2.45, 2.75) is 72.1 Å². The fourth-order valence-corrected chi connectivity index (χ4v) is 4.03. The summed E-state index contributed by atoms with van der Waals surface area (Å²) in [7, 11) is 0. The maximum atomic E-state index is 12.4. The van der Waals surface area contributed by atoms with E-state index in [1.54, 1.807) is 4.90 Å². The Morgan fingerprint density at radius 2 is 1.75 bits per heavy atom. The fraction of sp³-hybridized carbons (Fsp3) is 0.889. The third-order valence-corrected chi connectivity index (χ3v) is 5.00. The summed E-state index contributed by atoms with van der Waals surface area (Å²) < 4.78 is 5.54. The van der Waals surface area contributed by atoms with Crippen molar-refractivity contribution in [1.82, 2.24) is 9.80 Å². The molecule has 0 bridgehead atoms. The monoisotopic (exact) mass is 340 g/mol. The molecule has 1 N–H and O–H groups in total. The fourth-order valence-electron chi connectivity index (χ4n) is 4.03. The van der Waals surface area contributed by atoms with E-state index in [-0.39, 0.29) is 23.5 Å². The van der Waals surface area contributed by atoms with Crippen LogP contribution in [0.2, 0.25) is 0 Å². The number of rotatable bonds is 2. The van der Waals surface area contributed by atoms with Gasteiger partial charge in [-0.1, -0.05) is 13.8 Å². The van der Waals surface area contributed by atoms with E-state index in [9.17, 15) is 14.7 Å². The van der Waals surface area contributed by atoms with Crippen molar-refractivity contribution in [1.29, 1.82) is 0 Å². The highest BCUT2D eigenvalue weighted by Gasteiger charge is 2.53. The zero-order valence-electron chi connectivity index (χ0n) is 15.8. The molecule has 0 radical (unpaired) electrons. The Hall–Kier alpha value is -1.30. The van der Waals surface area contributed by atoms with Crippen LogP contribution in [0.15, 0.2) is 0 Å². The van der Waals surface area contributed by atoms with Gasteiger partial charge in [0.25, 0.3) is 5.91 Å². The van der Waals surface area contributed by atoms with Gasteiger partial charge in [0.2, 0.25) is 0 Å². The van der Waals surface area contributed by atoms with Gasteiger partial charge in [0, 0.05) is 31.1 Å². The summed E-state index contributed by atoms with van der Waals surface area (Å²) in [6, 6.07) is 0.149. The van der Waals surface area contributed by atoms with Gasteiger partial charge in [-0.05, 0) is 46.5 Å². The van der Waals surface area contributed by atoms with Crippen molar-refractivity contribution >= 4 is 12.0 Å². The zero-order valence-corrected chi connectivity index (χ0v) is 15.8. The van der Waals surface area contributed by atoms with E-state index in [1.165, 1.54) is 6.92 Å². The smallest absolute Gasteiger partial charge is 0.410 e. The molecule has 2 fully saturated rings.